The van der Waals surface area contributed by atoms with Gasteiger partial charge in [0.25, 0.3) is 0 Å². The number of hydrogen-bond acceptors (Lipinski definition) is 1. The third kappa shape index (κ3) is 19.1. The molecule has 0 aromatic heterocycles. The van der Waals surface area contributed by atoms with Crippen LogP contribution in [-0.4, -0.2) is 16.5 Å². The summed E-state index contributed by atoms with van der Waals surface area (Å²) >= 11 is 0. The molecule has 0 heterocycles. The molecule has 0 amide bonds. The standard InChI is InChI=1S/C6H17NSi2.2Y/c1-8(2,3)7-9(4,5)6;;/h7H,1,4H2,2-3,5-6H3;;/q-2;;. The summed E-state index contributed by atoms with van der Waals surface area (Å²) in [6.07, 6.45) is 0. The van der Waals surface area contributed by atoms with Gasteiger partial charge in [0.1, 0.15) is 0 Å². The topological polar surface area (TPSA) is 12.0 Å². The Balaban J connectivity index is -0.000000320. The largest absolute Gasteiger partial charge is 0.406 e. The first-order valence-corrected chi connectivity index (χ1v) is 9.62. The average molecular weight is 337 g/mol. The van der Waals surface area contributed by atoms with E-state index in [0.29, 0.717) is 0 Å². The van der Waals surface area contributed by atoms with Crippen LogP contribution >= 0.6 is 0 Å². The smallest absolute Gasteiger partial charge is 0 e. The second-order valence-corrected chi connectivity index (χ2v) is 12.4. The van der Waals surface area contributed by atoms with Gasteiger partial charge < -0.3 is 17.7 Å². The Hall–Kier alpha value is 2.60. The fraction of sp³-hybridized carbons (Fsp3) is 0.667. The van der Waals surface area contributed by atoms with Crippen molar-refractivity contribution < 1.29 is 65.4 Å². The maximum Gasteiger partial charge on any atom is 0 e. The molecule has 0 atom stereocenters. The average Bonchev–Trinajstić information content (AvgIpc) is 1.14. The quantitative estimate of drug-likeness (QED) is 0.598. The predicted molar refractivity (Wildman–Crippen MR) is 48.8 cm³/mol. The molecule has 0 bridgehead atoms. The van der Waals surface area contributed by atoms with Crippen LogP contribution in [0.2, 0.25) is 26.2 Å². The van der Waals surface area contributed by atoms with Gasteiger partial charge in [-0.3, -0.25) is 0 Å². The normalized spacial score (nSPS) is 11.5. The van der Waals surface area contributed by atoms with E-state index < -0.39 is 16.5 Å². The van der Waals surface area contributed by atoms with Crippen LogP contribution in [0.5, 0.6) is 0 Å². The first-order chi connectivity index (χ1) is 3.71. The Morgan fingerprint density at radius 1 is 0.818 bits per heavy atom. The molecule has 0 aliphatic carbocycles. The monoisotopic (exact) mass is 337 g/mol. The third-order valence-electron chi connectivity index (χ3n) is 0.677. The summed E-state index contributed by atoms with van der Waals surface area (Å²) < 4.78 is 3.51. The minimum Gasteiger partial charge on any atom is -0.406 e. The van der Waals surface area contributed by atoms with E-state index in [1.807, 2.05) is 0 Å². The Morgan fingerprint density at radius 3 is 1.00 bits per heavy atom. The summed E-state index contributed by atoms with van der Waals surface area (Å²) in [5.41, 5.74) is 0. The SMILES string of the molecule is [CH2-][Si](C)(C)N[Si]([CH2-])(C)C.[Y].[Y]. The number of hydrogen-bond donors (Lipinski definition) is 1. The van der Waals surface area contributed by atoms with Crippen molar-refractivity contribution in [1.82, 2.24) is 4.65 Å². The van der Waals surface area contributed by atoms with Crippen molar-refractivity contribution in [2.45, 2.75) is 26.2 Å². The van der Waals surface area contributed by atoms with Crippen molar-refractivity contribution >= 4 is 16.5 Å². The van der Waals surface area contributed by atoms with Crippen LogP contribution < -0.4 is 4.65 Å². The van der Waals surface area contributed by atoms with E-state index in [9.17, 15) is 0 Å². The molecule has 62 valence electrons. The number of rotatable bonds is 2. The molecule has 0 aromatic carbocycles. The number of nitrogens with one attached hydrogen (secondary N) is 1. The molecule has 2 radical (unpaired) electrons. The van der Waals surface area contributed by atoms with Gasteiger partial charge in [0.15, 0.2) is 0 Å². The van der Waals surface area contributed by atoms with Crippen LogP contribution in [0, 0.1) is 13.1 Å². The van der Waals surface area contributed by atoms with Gasteiger partial charge in [-0.05, 0) is 16.5 Å². The fourth-order valence-corrected chi connectivity index (χ4v) is 8.24. The van der Waals surface area contributed by atoms with Crippen molar-refractivity contribution in [3.8, 4) is 0 Å². The van der Waals surface area contributed by atoms with Crippen molar-refractivity contribution in [3.05, 3.63) is 13.1 Å². The van der Waals surface area contributed by atoms with E-state index in [2.05, 4.69) is 43.9 Å². The van der Waals surface area contributed by atoms with Crippen LogP contribution in [-0.2, 0) is 65.4 Å². The van der Waals surface area contributed by atoms with E-state index in [1.54, 1.807) is 0 Å². The van der Waals surface area contributed by atoms with Crippen molar-refractivity contribution in [1.29, 1.82) is 0 Å². The second kappa shape index (κ2) is 6.97. The molecule has 0 saturated heterocycles. The van der Waals surface area contributed by atoms with Crippen molar-refractivity contribution in [2.75, 3.05) is 0 Å². The molecule has 0 saturated carbocycles. The molecular weight excluding hydrogens is 320 g/mol. The molecular formula is C6H17NSi2Y2-2. The van der Waals surface area contributed by atoms with Crippen LogP contribution in [0.4, 0.5) is 0 Å². The van der Waals surface area contributed by atoms with E-state index >= 15 is 0 Å². The molecule has 0 aromatic rings. The molecule has 1 N–H and O–H groups in total. The van der Waals surface area contributed by atoms with Gasteiger partial charge in [-0.1, -0.05) is 26.2 Å². The Labute approximate surface area is 124 Å². The van der Waals surface area contributed by atoms with Crippen LogP contribution in [0.15, 0.2) is 0 Å². The van der Waals surface area contributed by atoms with Crippen LogP contribution in [0.3, 0.4) is 0 Å². The minimum atomic E-state index is -1.29. The zero-order valence-electron chi connectivity index (χ0n) is 8.07. The summed E-state index contributed by atoms with van der Waals surface area (Å²) in [5, 5.41) is 0. The summed E-state index contributed by atoms with van der Waals surface area (Å²) in [4.78, 5) is 0. The summed E-state index contributed by atoms with van der Waals surface area (Å²) in [5.74, 6) is 0. The van der Waals surface area contributed by atoms with Crippen molar-refractivity contribution in [2.24, 2.45) is 0 Å². The van der Waals surface area contributed by atoms with E-state index in [0.717, 1.165) is 0 Å². The Bertz CT molecular complexity index is 83.7. The third-order valence-corrected chi connectivity index (χ3v) is 6.09. The second-order valence-electron chi connectivity index (χ2n) is 3.89. The maximum atomic E-state index is 4.08. The first kappa shape index (κ1) is 19.2. The molecule has 0 aliphatic heterocycles. The van der Waals surface area contributed by atoms with Crippen molar-refractivity contribution in [3.63, 3.8) is 0 Å². The predicted octanol–water partition coefficient (Wildman–Crippen LogP) is 1.73. The van der Waals surface area contributed by atoms with Gasteiger partial charge in [-0.2, -0.15) is 0 Å². The molecule has 0 fully saturated rings. The van der Waals surface area contributed by atoms with E-state index in [4.69, 9.17) is 0 Å². The molecule has 0 spiro atoms. The Kier molecular flexibility index (Phi) is 12.2. The van der Waals surface area contributed by atoms with Crippen LogP contribution in [0.25, 0.3) is 0 Å². The minimum absolute atomic E-state index is 0. The Morgan fingerprint density at radius 2 is 1.00 bits per heavy atom. The summed E-state index contributed by atoms with van der Waals surface area (Å²) in [6, 6.07) is 0. The van der Waals surface area contributed by atoms with Gasteiger partial charge in [-0.25, -0.2) is 0 Å². The van der Waals surface area contributed by atoms with E-state index in [1.165, 1.54) is 0 Å². The first-order valence-electron chi connectivity index (χ1n) is 3.21. The van der Waals surface area contributed by atoms with Crippen LogP contribution in [0.1, 0.15) is 0 Å². The maximum absolute atomic E-state index is 4.08. The summed E-state index contributed by atoms with van der Waals surface area (Å²) in [6.45, 7) is 17.0. The van der Waals surface area contributed by atoms with Gasteiger partial charge >= 0.3 is 0 Å². The zero-order valence-corrected chi connectivity index (χ0v) is 15.7. The van der Waals surface area contributed by atoms with Gasteiger partial charge in [0, 0.05) is 65.4 Å². The zero-order chi connectivity index (χ0) is 7.71. The molecule has 0 unspecified atom stereocenters. The molecule has 5 heteroatoms. The fourth-order valence-electron chi connectivity index (χ4n) is 0.916. The molecule has 11 heavy (non-hydrogen) atoms. The molecule has 1 nitrogen and oxygen atoms in total. The van der Waals surface area contributed by atoms with Gasteiger partial charge in [0.2, 0.25) is 0 Å². The van der Waals surface area contributed by atoms with E-state index in [-0.39, 0.29) is 65.4 Å². The summed E-state index contributed by atoms with van der Waals surface area (Å²) in [7, 11) is -2.59. The molecule has 0 aliphatic rings. The van der Waals surface area contributed by atoms with Gasteiger partial charge in [0.05, 0.1) is 0 Å². The van der Waals surface area contributed by atoms with Gasteiger partial charge in [-0.15, -0.1) is 0 Å². The molecule has 0 rings (SSSR count).